The molecule has 0 aliphatic carbocycles. The molecule has 0 unspecified atom stereocenters. The Morgan fingerprint density at radius 3 is 2.26 bits per heavy atom. The summed E-state index contributed by atoms with van der Waals surface area (Å²) < 4.78 is 0. The monoisotopic (exact) mass is 261 g/mol. The van der Waals surface area contributed by atoms with Gasteiger partial charge in [0.05, 0.1) is 6.04 Å². The fourth-order valence-electron chi connectivity index (χ4n) is 2.01. The van der Waals surface area contributed by atoms with Crippen LogP contribution in [0, 0.1) is 0 Å². The van der Waals surface area contributed by atoms with E-state index in [1.54, 1.807) is 0 Å². The highest BCUT2D eigenvalue weighted by Crippen LogP contribution is 2.07. The number of nitrogens with one attached hydrogen (secondary N) is 1. The van der Waals surface area contributed by atoms with Crippen molar-refractivity contribution < 1.29 is 9.59 Å². The van der Waals surface area contributed by atoms with E-state index in [4.69, 9.17) is 0 Å². The molecule has 1 aromatic carbocycles. The Balaban J connectivity index is 2.69. The van der Waals surface area contributed by atoms with Gasteiger partial charge in [-0.3, -0.25) is 9.59 Å². The third-order valence-electron chi connectivity index (χ3n) is 2.98. The number of Topliss-reactive ketones (excluding diaryl/α,β-unsaturated/α-hetero) is 1. The molecule has 0 saturated carbocycles. The van der Waals surface area contributed by atoms with Crippen LogP contribution in [-0.4, -0.2) is 17.7 Å². The molecule has 0 aliphatic rings. The lowest BCUT2D eigenvalue weighted by Crippen LogP contribution is -2.42. The largest absolute Gasteiger partial charge is 0.346 e. The molecule has 0 aliphatic heterocycles. The highest BCUT2D eigenvalue weighted by Gasteiger charge is 2.19. The van der Waals surface area contributed by atoms with Gasteiger partial charge in [-0.2, -0.15) is 0 Å². The molecule has 1 N–H and O–H groups in total. The second kappa shape index (κ2) is 8.46. The first-order valence-corrected chi connectivity index (χ1v) is 7.03. The zero-order valence-electron chi connectivity index (χ0n) is 11.8. The van der Waals surface area contributed by atoms with E-state index < -0.39 is 0 Å². The van der Waals surface area contributed by atoms with Gasteiger partial charge in [-0.15, -0.1) is 0 Å². The zero-order chi connectivity index (χ0) is 14.1. The summed E-state index contributed by atoms with van der Waals surface area (Å²) in [7, 11) is 0. The Kier molecular flexibility index (Phi) is 6.86. The summed E-state index contributed by atoms with van der Waals surface area (Å²) in [6, 6.07) is 9.43. The van der Waals surface area contributed by atoms with Crippen LogP contribution in [0.5, 0.6) is 0 Å². The highest BCUT2D eigenvalue weighted by atomic mass is 16.2. The number of rotatable bonds is 8. The van der Waals surface area contributed by atoms with Gasteiger partial charge in [0.15, 0.2) is 5.78 Å². The van der Waals surface area contributed by atoms with Crippen molar-refractivity contribution in [3.63, 3.8) is 0 Å². The third kappa shape index (κ3) is 5.69. The van der Waals surface area contributed by atoms with E-state index in [2.05, 4.69) is 5.32 Å². The molecule has 0 bridgehead atoms. The molecule has 0 aromatic heterocycles. The first-order valence-electron chi connectivity index (χ1n) is 7.03. The summed E-state index contributed by atoms with van der Waals surface area (Å²) in [4.78, 5) is 23.8. The van der Waals surface area contributed by atoms with E-state index in [0.717, 1.165) is 18.4 Å². The molecular weight excluding hydrogens is 238 g/mol. The van der Waals surface area contributed by atoms with Crippen LogP contribution in [0.25, 0.3) is 0 Å². The molecular formula is C16H23NO2. The topological polar surface area (TPSA) is 46.2 Å². The van der Waals surface area contributed by atoms with Crippen LogP contribution >= 0.6 is 0 Å². The molecule has 1 amide bonds. The van der Waals surface area contributed by atoms with E-state index in [0.29, 0.717) is 19.3 Å². The van der Waals surface area contributed by atoms with Crippen LogP contribution in [0.1, 0.15) is 45.1 Å². The fourth-order valence-corrected chi connectivity index (χ4v) is 2.01. The number of carbonyl (C=O) groups is 2. The average Bonchev–Trinajstić information content (AvgIpc) is 2.40. The summed E-state index contributed by atoms with van der Waals surface area (Å²) in [5, 5.41) is 2.86. The Morgan fingerprint density at radius 2 is 1.68 bits per heavy atom. The number of ketones is 1. The number of benzene rings is 1. The molecule has 1 atom stereocenters. The lowest BCUT2D eigenvalue weighted by molar-refractivity contribution is -0.127. The van der Waals surface area contributed by atoms with Crippen LogP contribution in [-0.2, 0) is 16.0 Å². The van der Waals surface area contributed by atoms with Gasteiger partial charge in [0, 0.05) is 12.8 Å². The van der Waals surface area contributed by atoms with Gasteiger partial charge in [-0.1, -0.05) is 44.2 Å². The molecule has 3 heteroatoms. The molecule has 0 saturated heterocycles. The molecule has 3 nitrogen and oxygen atoms in total. The summed E-state index contributed by atoms with van der Waals surface area (Å²) in [6.07, 6.45) is 3.18. The highest BCUT2D eigenvalue weighted by molar-refractivity contribution is 5.89. The quantitative estimate of drug-likeness (QED) is 0.782. The van der Waals surface area contributed by atoms with Crippen LogP contribution < -0.4 is 5.32 Å². The van der Waals surface area contributed by atoms with Crippen LogP contribution in [0.15, 0.2) is 30.3 Å². The third-order valence-corrected chi connectivity index (χ3v) is 2.98. The summed E-state index contributed by atoms with van der Waals surface area (Å²) in [6.45, 7) is 3.94. The molecule has 1 aromatic rings. The first kappa shape index (κ1) is 15.4. The second-order valence-electron chi connectivity index (χ2n) is 4.78. The van der Waals surface area contributed by atoms with Crippen LogP contribution in [0.2, 0.25) is 0 Å². The summed E-state index contributed by atoms with van der Waals surface area (Å²) in [5.74, 6) is 0.0868. The molecule has 0 fully saturated rings. The van der Waals surface area contributed by atoms with Crippen LogP contribution in [0.3, 0.4) is 0 Å². The van der Waals surface area contributed by atoms with Gasteiger partial charge in [0.25, 0.3) is 0 Å². The minimum Gasteiger partial charge on any atom is -0.346 e. The Labute approximate surface area is 115 Å². The standard InChI is InChI=1S/C16H23NO2/c1-3-8-15(18)14(17-16(19)9-4-2)12-13-10-6-5-7-11-13/h5-7,10-11,14H,3-4,8-9,12H2,1-2H3,(H,17,19)/t14-/m0/s1. The van der Waals surface area contributed by atoms with Crippen molar-refractivity contribution in [3.05, 3.63) is 35.9 Å². The summed E-state index contributed by atoms with van der Waals surface area (Å²) >= 11 is 0. The number of hydrogen-bond donors (Lipinski definition) is 1. The van der Waals surface area contributed by atoms with Crippen molar-refractivity contribution in [2.24, 2.45) is 0 Å². The van der Waals surface area contributed by atoms with Crippen LogP contribution in [0.4, 0.5) is 0 Å². The van der Waals surface area contributed by atoms with Gasteiger partial charge < -0.3 is 5.32 Å². The van der Waals surface area contributed by atoms with Crippen molar-refractivity contribution in [3.8, 4) is 0 Å². The van der Waals surface area contributed by atoms with Crippen molar-refractivity contribution in [2.75, 3.05) is 0 Å². The lowest BCUT2D eigenvalue weighted by atomic mass is 9.99. The van der Waals surface area contributed by atoms with Gasteiger partial charge in [-0.05, 0) is 24.8 Å². The minimum absolute atomic E-state index is 0.0344. The molecule has 1 rings (SSSR count). The second-order valence-corrected chi connectivity index (χ2v) is 4.78. The van der Waals surface area contributed by atoms with Crippen molar-refractivity contribution in [2.45, 2.75) is 52.0 Å². The van der Waals surface area contributed by atoms with E-state index in [1.165, 1.54) is 0 Å². The minimum atomic E-state index is -0.388. The molecule has 19 heavy (non-hydrogen) atoms. The molecule has 0 radical (unpaired) electrons. The van der Waals surface area contributed by atoms with E-state index in [9.17, 15) is 9.59 Å². The van der Waals surface area contributed by atoms with Gasteiger partial charge >= 0.3 is 0 Å². The SMILES string of the molecule is CCCC(=O)N[C@@H](Cc1ccccc1)C(=O)CCC. The fraction of sp³-hybridized carbons (Fsp3) is 0.500. The predicted molar refractivity (Wildman–Crippen MR) is 76.9 cm³/mol. The molecule has 0 heterocycles. The van der Waals surface area contributed by atoms with Gasteiger partial charge in [0.2, 0.25) is 5.91 Å². The molecule has 104 valence electrons. The van der Waals surface area contributed by atoms with E-state index in [-0.39, 0.29) is 17.7 Å². The van der Waals surface area contributed by atoms with Crippen molar-refractivity contribution >= 4 is 11.7 Å². The average molecular weight is 261 g/mol. The smallest absolute Gasteiger partial charge is 0.220 e. The van der Waals surface area contributed by atoms with Gasteiger partial charge in [0.1, 0.15) is 0 Å². The maximum Gasteiger partial charge on any atom is 0.220 e. The van der Waals surface area contributed by atoms with Gasteiger partial charge in [-0.25, -0.2) is 0 Å². The predicted octanol–water partition coefficient (Wildman–Crippen LogP) is 2.88. The maximum atomic E-state index is 12.1. The lowest BCUT2D eigenvalue weighted by Gasteiger charge is -2.17. The van der Waals surface area contributed by atoms with E-state index >= 15 is 0 Å². The van der Waals surface area contributed by atoms with Crippen molar-refractivity contribution in [1.82, 2.24) is 5.32 Å². The zero-order valence-corrected chi connectivity index (χ0v) is 11.8. The number of hydrogen-bond acceptors (Lipinski definition) is 2. The number of carbonyl (C=O) groups excluding carboxylic acids is 2. The van der Waals surface area contributed by atoms with E-state index in [1.807, 2.05) is 44.2 Å². The van der Waals surface area contributed by atoms with Crippen molar-refractivity contribution in [1.29, 1.82) is 0 Å². The Hall–Kier alpha value is -1.64. The normalized spacial score (nSPS) is 11.9. The maximum absolute atomic E-state index is 12.1. The summed E-state index contributed by atoms with van der Waals surface area (Å²) in [5.41, 5.74) is 1.08. The Bertz CT molecular complexity index is 400. The Morgan fingerprint density at radius 1 is 1.05 bits per heavy atom. The first-order chi connectivity index (χ1) is 9.17. The number of amides is 1. The molecule has 0 spiro atoms.